The van der Waals surface area contributed by atoms with Gasteiger partial charge in [0, 0.05) is 23.2 Å². The van der Waals surface area contributed by atoms with E-state index in [1.165, 1.54) is 10.8 Å². The van der Waals surface area contributed by atoms with Crippen LogP contribution in [0.5, 0.6) is 0 Å². The number of rotatable bonds is 6. The summed E-state index contributed by atoms with van der Waals surface area (Å²) in [6.45, 7) is 1.43. The van der Waals surface area contributed by atoms with Gasteiger partial charge in [-0.15, -0.1) is 0 Å². The maximum absolute atomic E-state index is 13.3. The van der Waals surface area contributed by atoms with Crippen LogP contribution >= 0.6 is 23.2 Å². The van der Waals surface area contributed by atoms with E-state index in [9.17, 15) is 9.90 Å². The van der Waals surface area contributed by atoms with Crippen LogP contribution < -0.4 is 10.9 Å². The lowest BCUT2D eigenvalue weighted by atomic mass is 10.1. The van der Waals surface area contributed by atoms with E-state index in [0.717, 1.165) is 5.56 Å². The molecule has 1 saturated heterocycles. The number of hydrogen-bond donors (Lipinski definition) is 2. The molecule has 170 valence electrons. The predicted molar refractivity (Wildman–Crippen MR) is 127 cm³/mol. The molecule has 8 nitrogen and oxygen atoms in total. The Hall–Kier alpha value is -2.91. The van der Waals surface area contributed by atoms with Gasteiger partial charge in [-0.05, 0) is 17.7 Å². The molecule has 1 aromatic carbocycles. The van der Waals surface area contributed by atoms with Crippen LogP contribution in [0.3, 0.4) is 0 Å². The molecule has 0 saturated carbocycles. The van der Waals surface area contributed by atoms with Gasteiger partial charge in [-0.25, -0.2) is 4.98 Å². The van der Waals surface area contributed by atoms with E-state index < -0.39 is 0 Å². The number of nitrogens with zero attached hydrogens (tertiary/aromatic N) is 4. The molecule has 10 heteroatoms. The molecule has 0 aliphatic carbocycles. The minimum Gasteiger partial charge on any atom is -0.396 e. The highest BCUT2D eigenvalue weighted by molar-refractivity contribution is 6.32. The van der Waals surface area contributed by atoms with E-state index in [-0.39, 0.29) is 24.1 Å². The molecule has 0 radical (unpaired) electrons. The van der Waals surface area contributed by atoms with E-state index in [1.807, 2.05) is 30.3 Å². The summed E-state index contributed by atoms with van der Waals surface area (Å²) >= 11 is 12.7. The Morgan fingerprint density at radius 3 is 2.82 bits per heavy atom. The average molecular weight is 486 g/mol. The first-order valence-corrected chi connectivity index (χ1v) is 11.2. The summed E-state index contributed by atoms with van der Waals surface area (Å²) in [5, 5.41) is 18.6. The molecule has 2 unspecified atom stereocenters. The van der Waals surface area contributed by atoms with Crippen LogP contribution in [0.25, 0.3) is 16.6 Å². The third-order valence-corrected chi connectivity index (χ3v) is 6.51. The van der Waals surface area contributed by atoms with Gasteiger partial charge in [0.25, 0.3) is 5.56 Å². The Morgan fingerprint density at radius 2 is 2.00 bits per heavy atom. The molecule has 2 atom stereocenters. The highest BCUT2D eigenvalue weighted by Crippen LogP contribution is 2.25. The van der Waals surface area contributed by atoms with Crippen LogP contribution in [0.2, 0.25) is 10.0 Å². The van der Waals surface area contributed by atoms with Gasteiger partial charge in [0.05, 0.1) is 66.4 Å². The first kappa shape index (κ1) is 21.9. The smallest absolute Gasteiger partial charge is 0.266 e. The number of pyridine rings is 2. The third kappa shape index (κ3) is 4.22. The second-order valence-electron chi connectivity index (χ2n) is 7.94. The van der Waals surface area contributed by atoms with Crippen molar-refractivity contribution in [3.05, 3.63) is 81.0 Å². The van der Waals surface area contributed by atoms with Crippen LogP contribution in [0, 0.1) is 5.92 Å². The molecule has 5 rings (SSSR count). The Labute approximate surface area is 199 Å². The van der Waals surface area contributed by atoms with Crippen LogP contribution in [0.15, 0.2) is 59.8 Å². The van der Waals surface area contributed by atoms with Gasteiger partial charge in [-0.1, -0.05) is 41.4 Å². The minimum absolute atomic E-state index is 0.0195. The summed E-state index contributed by atoms with van der Waals surface area (Å²) in [6.07, 6.45) is 4.73. The molecule has 3 aromatic heterocycles. The zero-order valence-electron chi connectivity index (χ0n) is 17.5. The van der Waals surface area contributed by atoms with Crippen molar-refractivity contribution in [2.75, 3.05) is 25.1 Å². The fourth-order valence-electron chi connectivity index (χ4n) is 4.00. The van der Waals surface area contributed by atoms with Crippen molar-refractivity contribution in [3.63, 3.8) is 0 Å². The lowest BCUT2D eigenvalue weighted by Crippen LogP contribution is -2.30. The molecule has 4 aromatic rings. The molecular formula is C23H21Cl2N5O3. The second kappa shape index (κ2) is 9.15. The summed E-state index contributed by atoms with van der Waals surface area (Å²) in [6, 6.07) is 11.0. The lowest BCUT2D eigenvalue weighted by molar-refractivity contribution is 0.161. The molecule has 0 bridgehead atoms. The standard InChI is InChI=1S/C23H21Cl2N5O3/c24-17-4-2-1-3-14(17)10-30-20-5-6-29(23(32)16(20)8-27-30)21-7-22(26-9-18(21)25)28-19-13-33-12-15(19)11-31/h1-9,15,19,31H,10-13H2,(H,26,28). The number of benzene rings is 1. The summed E-state index contributed by atoms with van der Waals surface area (Å²) in [5.74, 6) is 0.527. The maximum Gasteiger partial charge on any atom is 0.266 e. The molecular weight excluding hydrogens is 465 g/mol. The van der Waals surface area contributed by atoms with Crippen molar-refractivity contribution in [1.29, 1.82) is 0 Å². The Balaban J connectivity index is 1.48. The predicted octanol–water partition coefficient (Wildman–Crippen LogP) is 3.36. The fraction of sp³-hybridized carbons (Fsp3) is 0.261. The van der Waals surface area contributed by atoms with Crippen LogP contribution in [0.4, 0.5) is 5.82 Å². The normalized spacial score (nSPS) is 18.2. The van der Waals surface area contributed by atoms with Gasteiger partial charge in [0.1, 0.15) is 5.82 Å². The van der Waals surface area contributed by atoms with Gasteiger partial charge in [-0.2, -0.15) is 5.10 Å². The second-order valence-corrected chi connectivity index (χ2v) is 8.75. The number of aromatic nitrogens is 4. The Morgan fingerprint density at radius 1 is 1.15 bits per heavy atom. The van der Waals surface area contributed by atoms with Crippen molar-refractivity contribution in [2.24, 2.45) is 5.92 Å². The van der Waals surface area contributed by atoms with Gasteiger partial charge in [0.15, 0.2) is 0 Å². The third-order valence-electron chi connectivity index (χ3n) is 5.85. The SMILES string of the molecule is O=c1c2cnn(Cc3ccccc3Cl)c2ccn1-c1cc(NC2COCC2CO)ncc1Cl. The number of ether oxygens (including phenoxy) is 1. The summed E-state index contributed by atoms with van der Waals surface area (Å²) in [4.78, 5) is 17.6. The summed E-state index contributed by atoms with van der Waals surface area (Å²) in [5.41, 5.74) is 1.88. The van der Waals surface area contributed by atoms with Gasteiger partial charge in [0.2, 0.25) is 0 Å². The first-order chi connectivity index (χ1) is 16.0. The Kier molecular flexibility index (Phi) is 6.07. The van der Waals surface area contributed by atoms with Crippen molar-refractivity contribution < 1.29 is 9.84 Å². The van der Waals surface area contributed by atoms with E-state index in [0.29, 0.717) is 52.2 Å². The van der Waals surface area contributed by atoms with E-state index in [2.05, 4.69) is 15.4 Å². The molecule has 1 aliphatic rings. The highest BCUT2D eigenvalue weighted by Gasteiger charge is 2.28. The maximum atomic E-state index is 13.3. The van der Waals surface area contributed by atoms with Crippen molar-refractivity contribution in [3.8, 4) is 5.69 Å². The highest BCUT2D eigenvalue weighted by atomic mass is 35.5. The molecule has 0 spiro atoms. The number of hydrogen-bond acceptors (Lipinski definition) is 6. The van der Waals surface area contributed by atoms with Crippen molar-refractivity contribution in [1.82, 2.24) is 19.3 Å². The van der Waals surface area contributed by atoms with Gasteiger partial charge in [-0.3, -0.25) is 14.0 Å². The van der Waals surface area contributed by atoms with Gasteiger partial charge >= 0.3 is 0 Å². The van der Waals surface area contributed by atoms with Crippen LogP contribution in [0.1, 0.15) is 5.56 Å². The van der Waals surface area contributed by atoms with Gasteiger partial charge < -0.3 is 15.2 Å². The number of aliphatic hydroxyl groups excluding tert-OH is 1. The summed E-state index contributed by atoms with van der Waals surface area (Å²) in [7, 11) is 0. The molecule has 1 fully saturated rings. The Bertz CT molecular complexity index is 1370. The molecule has 1 aliphatic heterocycles. The first-order valence-electron chi connectivity index (χ1n) is 10.5. The van der Waals surface area contributed by atoms with Crippen molar-refractivity contribution >= 4 is 39.9 Å². The number of halogens is 2. The zero-order valence-corrected chi connectivity index (χ0v) is 19.0. The van der Waals surface area contributed by atoms with Crippen LogP contribution in [-0.2, 0) is 11.3 Å². The monoisotopic (exact) mass is 485 g/mol. The molecule has 2 N–H and O–H groups in total. The number of fused-ring (bicyclic) bond motifs is 1. The van der Waals surface area contributed by atoms with Crippen LogP contribution in [-0.4, -0.2) is 50.3 Å². The number of aliphatic hydroxyl groups is 1. The average Bonchev–Trinajstić information content (AvgIpc) is 3.44. The summed E-state index contributed by atoms with van der Waals surface area (Å²) < 4.78 is 8.67. The molecule has 0 amide bonds. The van der Waals surface area contributed by atoms with E-state index >= 15 is 0 Å². The van der Waals surface area contributed by atoms with E-state index in [4.69, 9.17) is 27.9 Å². The minimum atomic E-state index is -0.241. The number of anilines is 1. The topological polar surface area (TPSA) is 94.2 Å². The zero-order chi connectivity index (χ0) is 22.9. The largest absolute Gasteiger partial charge is 0.396 e. The number of nitrogens with one attached hydrogen (secondary N) is 1. The lowest BCUT2D eigenvalue weighted by Gasteiger charge is -2.18. The molecule has 33 heavy (non-hydrogen) atoms. The van der Waals surface area contributed by atoms with E-state index in [1.54, 1.807) is 23.1 Å². The quantitative estimate of drug-likeness (QED) is 0.434. The molecule has 4 heterocycles. The fourth-order valence-corrected chi connectivity index (χ4v) is 4.39. The van der Waals surface area contributed by atoms with Crippen molar-refractivity contribution in [2.45, 2.75) is 12.6 Å².